The van der Waals surface area contributed by atoms with Gasteiger partial charge in [0.25, 0.3) is 5.69 Å². The lowest BCUT2D eigenvalue weighted by Crippen LogP contribution is -2.11. The van der Waals surface area contributed by atoms with E-state index in [1.54, 1.807) is 6.07 Å². The maximum Gasteiger partial charge on any atom is 0.273 e. The number of non-ortho nitro benzene ring substituents is 1. The van der Waals surface area contributed by atoms with E-state index >= 15 is 0 Å². The fraction of sp³-hybridized carbons (Fsp3) is 0.0952. The van der Waals surface area contributed by atoms with Crippen molar-refractivity contribution in [2.24, 2.45) is 0 Å². The van der Waals surface area contributed by atoms with Gasteiger partial charge in [-0.25, -0.2) is 0 Å². The van der Waals surface area contributed by atoms with Crippen LogP contribution in [0.4, 0.5) is 5.69 Å². The minimum Gasteiger partial charge on any atom is -0.485 e. The van der Waals surface area contributed by atoms with Gasteiger partial charge in [0.1, 0.15) is 5.75 Å². The molecule has 128 valence electrons. The summed E-state index contributed by atoms with van der Waals surface area (Å²) in [5.74, 6) is 0.141. The van der Waals surface area contributed by atoms with Gasteiger partial charge in [-0.15, -0.1) is 0 Å². The third kappa shape index (κ3) is 2.95. The second kappa shape index (κ2) is 6.44. The summed E-state index contributed by atoms with van der Waals surface area (Å²) in [7, 11) is 0. The number of hydrogen-bond donors (Lipinski definition) is 0. The van der Waals surface area contributed by atoms with E-state index in [1.807, 2.05) is 30.3 Å². The van der Waals surface area contributed by atoms with Gasteiger partial charge in [0.15, 0.2) is 12.4 Å². The minimum absolute atomic E-state index is 0.0657. The van der Waals surface area contributed by atoms with Crippen LogP contribution >= 0.6 is 0 Å². The second-order valence-corrected chi connectivity index (χ2v) is 6.17. The van der Waals surface area contributed by atoms with Crippen molar-refractivity contribution in [1.82, 2.24) is 0 Å². The lowest BCUT2D eigenvalue weighted by atomic mass is 10.0. The predicted molar refractivity (Wildman–Crippen MR) is 97.6 cm³/mol. The van der Waals surface area contributed by atoms with Crippen molar-refractivity contribution in [3.63, 3.8) is 0 Å². The summed E-state index contributed by atoms with van der Waals surface area (Å²) < 4.78 is 5.45. The summed E-state index contributed by atoms with van der Waals surface area (Å²) in [4.78, 5) is 22.8. The molecule has 5 heteroatoms. The van der Waals surface area contributed by atoms with Crippen LogP contribution in [0.1, 0.15) is 21.5 Å². The molecule has 0 saturated carbocycles. The monoisotopic (exact) mass is 345 g/mol. The number of carbonyl (C=O) groups excluding carboxylic acids is 1. The number of hydrogen-bond acceptors (Lipinski definition) is 4. The van der Waals surface area contributed by atoms with Gasteiger partial charge >= 0.3 is 0 Å². The zero-order chi connectivity index (χ0) is 18.1. The molecule has 3 aromatic rings. The summed E-state index contributed by atoms with van der Waals surface area (Å²) in [6.45, 7) is -0.165. The second-order valence-electron chi connectivity index (χ2n) is 6.17. The predicted octanol–water partition coefficient (Wildman–Crippen LogP) is 4.43. The molecule has 26 heavy (non-hydrogen) atoms. The number of nitro groups is 1. The number of benzene rings is 3. The molecule has 0 aliphatic heterocycles. The molecule has 1 aliphatic rings. The van der Waals surface area contributed by atoms with Crippen molar-refractivity contribution < 1.29 is 14.5 Å². The molecule has 0 aromatic heterocycles. The molecule has 0 saturated heterocycles. The Labute approximate surface area is 150 Å². The molecule has 0 unspecified atom stereocenters. The van der Waals surface area contributed by atoms with E-state index in [2.05, 4.69) is 12.1 Å². The number of nitrogens with zero attached hydrogens (tertiary/aromatic N) is 1. The maximum atomic E-state index is 12.5. The van der Waals surface area contributed by atoms with Crippen LogP contribution < -0.4 is 4.74 Å². The molecule has 0 fully saturated rings. The van der Waals surface area contributed by atoms with Crippen molar-refractivity contribution in [1.29, 1.82) is 0 Å². The number of nitro benzene ring substituents is 1. The third-order valence-corrected chi connectivity index (χ3v) is 4.52. The number of carbonyl (C=O) groups is 1. The number of ketones is 1. The molecule has 0 radical (unpaired) electrons. The molecule has 0 heterocycles. The lowest BCUT2D eigenvalue weighted by molar-refractivity contribution is -0.384. The van der Waals surface area contributed by atoms with Crippen LogP contribution in [0.3, 0.4) is 0 Å². The lowest BCUT2D eigenvalue weighted by Gasteiger charge is -2.07. The van der Waals surface area contributed by atoms with Crippen molar-refractivity contribution in [2.75, 3.05) is 6.61 Å². The Balaban J connectivity index is 1.52. The van der Waals surface area contributed by atoms with Crippen molar-refractivity contribution >= 4 is 11.5 Å². The van der Waals surface area contributed by atoms with Crippen LogP contribution in [-0.2, 0) is 6.42 Å². The first-order chi connectivity index (χ1) is 12.6. The summed E-state index contributed by atoms with van der Waals surface area (Å²) in [6.07, 6.45) is 0.879. The number of ether oxygens (including phenoxy) is 1. The summed E-state index contributed by atoms with van der Waals surface area (Å²) in [6, 6.07) is 19.7. The normalized spacial score (nSPS) is 11.5. The van der Waals surface area contributed by atoms with E-state index < -0.39 is 4.92 Å². The highest BCUT2D eigenvalue weighted by molar-refractivity contribution is 5.99. The summed E-state index contributed by atoms with van der Waals surface area (Å²) in [5.41, 5.74) is 5.23. The first-order valence-electron chi connectivity index (χ1n) is 8.23. The highest BCUT2D eigenvalue weighted by Gasteiger charge is 2.19. The molecule has 0 amide bonds. The standard InChI is InChI=1S/C21H15NO4/c23-21(13-26-18-6-3-5-17(12-18)22(24)25)16-9-8-15-10-14-4-1-2-7-19(14)20(15)11-16/h1-9,11-12H,10,13H2. The Morgan fingerprint density at radius 3 is 2.62 bits per heavy atom. The van der Waals surface area contributed by atoms with Gasteiger partial charge in [-0.05, 0) is 40.8 Å². The van der Waals surface area contributed by atoms with Gasteiger partial charge in [0.05, 0.1) is 11.0 Å². The van der Waals surface area contributed by atoms with Crippen LogP contribution in [0.15, 0.2) is 66.7 Å². The van der Waals surface area contributed by atoms with Gasteiger partial charge in [0.2, 0.25) is 0 Å². The van der Waals surface area contributed by atoms with Crippen LogP contribution in [0, 0.1) is 10.1 Å². The van der Waals surface area contributed by atoms with E-state index in [-0.39, 0.29) is 18.1 Å². The summed E-state index contributed by atoms with van der Waals surface area (Å²) >= 11 is 0. The van der Waals surface area contributed by atoms with E-state index in [0.717, 1.165) is 17.5 Å². The van der Waals surface area contributed by atoms with Gasteiger partial charge in [-0.1, -0.05) is 42.5 Å². The molecule has 0 bridgehead atoms. The number of fused-ring (bicyclic) bond motifs is 3. The highest BCUT2D eigenvalue weighted by Crippen LogP contribution is 2.36. The van der Waals surface area contributed by atoms with Crippen LogP contribution in [0.5, 0.6) is 5.75 Å². The Morgan fingerprint density at radius 2 is 1.77 bits per heavy atom. The molecule has 4 rings (SSSR count). The zero-order valence-electron chi connectivity index (χ0n) is 13.8. The van der Waals surface area contributed by atoms with E-state index in [4.69, 9.17) is 4.74 Å². The quantitative estimate of drug-likeness (QED) is 0.305. The van der Waals surface area contributed by atoms with Crippen molar-refractivity contribution in [3.8, 4) is 16.9 Å². The van der Waals surface area contributed by atoms with Gasteiger partial charge in [-0.2, -0.15) is 0 Å². The SMILES string of the molecule is O=C(COc1cccc([N+](=O)[O-])c1)c1ccc2c(c1)-c1ccccc1C2. The van der Waals surface area contributed by atoms with Crippen LogP contribution in [0.25, 0.3) is 11.1 Å². The molecule has 3 aromatic carbocycles. The van der Waals surface area contributed by atoms with Gasteiger partial charge in [0, 0.05) is 11.6 Å². The minimum atomic E-state index is -0.493. The first kappa shape index (κ1) is 16.0. The maximum absolute atomic E-state index is 12.5. The van der Waals surface area contributed by atoms with E-state index in [0.29, 0.717) is 11.3 Å². The topological polar surface area (TPSA) is 69.4 Å². The first-order valence-corrected chi connectivity index (χ1v) is 8.23. The highest BCUT2D eigenvalue weighted by atomic mass is 16.6. The Hall–Kier alpha value is -3.47. The van der Waals surface area contributed by atoms with Gasteiger partial charge < -0.3 is 4.74 Å². The zero-order valence-corrected chi connectivity index (χ0v) is 13.8. The average molecular weight is 345 g/mol. The fourth-order valence-electron chi connectivity index (χ4n) is 3.22. The molecular weight excluding hydrogens is 330 g/mol. The average Bonchev–Trinajstić information content (AvgIpc) is 3.04. The van der Waals surface area contributed by atoms with Crippen LogP contribution in [-0.4, -0.2) is 17.3 Å². The third-order valence-electron chi connectivity index (χ3n) is 4.52. The Bertz CT molecular complexity index is 1030. The Morgan fingerprint density at radius 1 is 0.962 bits per heavy atom. The van der Waals surface area contributed by atoms with E-state index in [9.17, 15) is 14.9 Å². The smallest absolute Gasteiger partial charge is 0.273 e. The molecule has 0 N–H and O–H groups in total. The molecular formula is C21H15NO4. The fourth-order valence-corrected chi connectivity index (χ4v) is 3.22. The summed E-state index contributed by atoms with van der Waals surface area (Å²) in [5, 5.41) is 10.8. The molecule has 0 spiro atoms. The largest absolute Gasteiger partial charge is 0.485 e. The molecule has 1 aliphatic carbocycles. The van der Waals surface area contributed by atoms with Crippen molar-refractivity contribution in [2.45, 2.75) is 6.42 Å². The Kier molecular flexibility index (Phi) is 3.97. The number of rotatable bonds is 5. The van der Waals surface area contributed by atoms with Crippen LogP contribution in [0.2, 0.25) is 0 Å². The van der Waals surface area contributed by atoms with Crippen molar-refractivity contribution in [3.05, 3.63) is 93.5 Å². The molecule has 5 nitrogen and oxygen atoms in total. The van der Waals surface area contributed by atoms with E-state index in [1.165, 1.54) is 29.3 Å². The van der Waals surface area contributed by atoms with Gasteiger partial charge in [-0.3, -0.25) is 14.9 Å². The molecule has 0 atom stereocenters. The number of Topliss-reactive ketones (excluding diaryl/α,β-unsaturated/α-hetero) is 1.